The molecule has 2 heteroatoms. The van der Waals surface area contributed by atoms with E-state index in [1.165, 1.54) is 24.0 Å². The van der Waals surface area contributed by atoms with E-state index < -0.39 is 0 Å². The van der Waals surface area contributed by atoms with E-state index >= 15 is 0 Å². The number of hydrogen-bond donors (Lipinski definition) is 1. The second kappa shape index (κ2) is 6.10. The molecule has 0 heterocycles. The van der Waals surface area contributed by atoms with Gasteiger partial charge < -0.3 is 10.1 Å². The van der Waals surface area contributed by atoms with Crippen molar-refractivity contribution in [1.29, 1.82) is 0 Å². The monoisotopic (exact) mass is 267 g/mol. The highest BCUT2D eigenvalue weighted by Crippen LogP contribution is 2.36. The van der Waals surface area contributed by atoms with Crippen LogP contribution in [-0.2, 0) is 6.54 Å². The average molecular weight is 267 g/mol. The van der Waals surface area contributed by atoms with Crippen molar-refractivity contribution in [3.8, 4) is 5.75 Å². The van der Waals surface area contributed by atoms with Crippen LogP contribution in [0.25, 0.3) is 0 Å². The molecule has 0 unspecified atom stereocenters. The summed E-state index contributed by atoms with van der Waals surface area (Å²) < 4.78 is 5.25. The van der Waals surface area contributed by atoms with Gasteiger partial charge in [-0.1, -0.05) is 42.5 Å². The lowest BCUT2D eigenvalue weighted by Gasteiger charge is -2.36. The molecule has 2 aromatic carbocycles. The van der Waals surface area contributed by atoms with Gasteiger partial charge >= 0.3 is 0 Å². The largest absolute Gasteiger partial charge is 0.497 e. The van der Waals surface area contributed by atoms with Crippen LogP contribution in [0.2, 0.25) is 0 Å². The van der Waals surface area contributed by atoms with Crippen molar-refractivity contribution < 1.29 is 4.74 Å². The summed E-state index contributed by atoms with van der Waals surface area (Å²) in [6.07, 6.45) is 2.49. The number of methoxy groups -OCH3 is 1. The van der Waals surface area contributed by atoms with Gasteiger partial charge in [-0.05, 0) is 42.0 Å². The van der Waals surface area contributed by atoms with Crippen molar-refractivity contribution in [3.63, 3.8) is 0 Å². The fourth-order valence-electron chi connectivity index (χ4n) is 2.83. The van der Waals surface area contributed by atoms with E-state index in [0.29, 0.717) is 6.04 Å². The van der Waals surface area contributed by atoms with E-state index in [4.69, 9.17) is 4.74 Å². The topological polar surface area (TPSA) is 21.3 Å². The molecule has 0 atom stereocenters. The van der Waals surface area contributed by atoms with Gasteiger partial charge in [0.1, 0.15) is 5.75 Å². The number of ether oxygens (including phenoxy) is 1. The van der Waals surface area contributed by atoms with E-state index in [2.05, 4.69) is 47.8 Å². The van der Waals surface area contributed by atoms with Crippen LogP contribution in [-0.4, -0.2) is 13.2 Å². The minimum atomic E-state index is 0.645. The van der Waals surface area contributed by atoms with Crippen molar-refractivity contribution in [2.75, 3.05) is 7.11 Å². The van der Waals surface area contributed by atoms with Gasteiger partial charge in [0.15, 0.2) is 0 Å². The SMILES string of the molecule is COc1cccc(CNC2CC(c3ccccc3)C2)c1. The molecule has 0 aliphatic heterocycles. The van der Waals surface area contributed by atoms with Crippen molar-refractivity contribution in [1.82, 2.24) is 5.32 Å². The fraction of sp³-hybridized carbons (Fsp3) is 0.333. The molecule has 1 saturated carbocycles. The highest BCUT2D eigenvalue weighted by Gasteiger charge is 2.29. The lowest BCUT2D eigenvalue weighted by Crippen LogP contribution is -2.39. The smallest absolute Gasteiger partial charge is 0.119 e. The third kappa shape index (κ3) is 3.02. The standard InChI is InChI=1S/C18H21NO/c1-20-18-9-5-6-14(10-18)13-19-17-11-16(12-17)15-7-3-2-4-8-15/h2-10,16-17,19H,11-13H2,1H3. The molecule has 0 saturated heterocycles. The van der Waals surface area contributed by atoms with Crippen LogP contribution in [0.15, 0.2) is 54.6 Å². The predicted molar refractivity (Wildman–Crippen MR) is 82.0 cm³/mol. The number of benzene rings is 2. The molecule has 2 aromatic rings. The molecule has 0 bridgehead atoms. The normalized spacial score (nSPS) is 21.2. The maximum Gasteiger partial charge on any atom is 0.119 e. The lowest BCUT2D eigenvalue weighted by molar-refractivity contribution is 0.289. The van der Waals surface area contributed by atoms with Crippen LogP contribution in [0.3, 0.4) is 0 Å². The predicted octanol–water partition coefficient (Wildman–Crippen LogP) is 3.73. The van der Waals surface area contributed by atoms with Gasteiger partial charge in [-0.15, -0.1) is 0 Å². The number of rotatable bonds is 5. The molecule has 20 heavy (non-hydrogen) atoms. The molecule has 0 radical (unpaired) electrons. The summed E-state index contributed by atoms with van der Waals surface area (Å²) in [5.74, 6) is 1.67. The number of nitrogens with one attached hydrogen (secondary N) is 1. The summed E-state index contributed by atoms with van der Waals surface area (Å²) in [4.78, 5) is 0. The highest BCUT2D eigenvalue weighted by atomic mass is 16.5. The second-order valence-corrected chi connectivity index (χ2v) is 5.51. The summed E-state index contributed by atoms with van der Waals surface area (Å²) in [5, 5.41) is 3.63. The van der Waals surface area contributed by atoms with Crippen molar-refractivity contribution in [2.45, 2.75) is 31.3 Å². The first kappa shape index (κ1) is 13.2. The van der Waals surface area contributed by atoms with E-state index in [-0.39, 0.29) is 0 Å². The molecule has 0 aromatic heterocycles. The third-order valence-electron chi connectivity index (χ3n) is 4.14. The Hall–Kier alpha value is -1.80. The summed E-state index contributed by atoms with van der Waals surface area (Å²) in [6.45, 7) is 0.920. The Kier molecular flexibility index (Phi) is 4.03. The van der Waals surface area contributed by atoms with E-state index in [0.717, 1.165) is 18.2 Å². The zero-order valence-corrected chi connectivity index (χ0v) is 11.9. The van der Waals surface area contributed by atoms with Gasteiger partial charge in [0.05, 0.1) is 7.11 Å². The Morgan fingerprint density at radius 2 is 1.85 bits per heavy atom. The van der Waals surface area contributed by atoms with Gasteiger partial charge in [-0.3, -0.25) is 0 Å². The van der Waals surface area contributed by atoms with Crippen molar-refractivity contribution >= 4 is 0 Å². The first-order valence-corrected chi connectivity index (χ1v) is 7.26. The van der Waals surface area contributed by atoms with Crippen molar-refractivity contribution in [2.24, 2.45) is 0 Å². The molecule has 1 aliphatic rings. The average Bonchev–Trinajstić information content (AvgIpc) is 2.47. The highest BCUT2D eigenvalue weighted by molar-refractivity contribution is 5.28. The molecule has 0 spiro atoms. The van der Waals surface area contributed by atoms with Crippen LogP contribution in [0.5, 0.6) is 5.75 Å². The van der Waals surface area contributed by atoms with Crippen LogP contribution >= 0.6 is 0 Å². The first-order chi connectivity index (χ1) is 9.85. The lowest BCUT2D eigenvalue weighted by atomic mass is 9.76. The van der Waals surface area contributed by atoms with Gasteiger partial charge in [0, 0.05) is 12.6 Å². The van der Waals surface area contributed by atoms with Gasteiger partial charge in [-0.2, -0.15) is 0 Å². The molecule has 1 aliphatic carbocycles. The second-order valence-electron chi connectivity index (χ2n) is 5.51. The summed E-state index contributed by atoms with van der Waals surface area (Å²) in [6, 6.07) is 19.7. The molecule has 1 N–H and O–H groups in total. The number of hydrogen-bond acceptors (Lipinski definition) is 2. The Balaban J connectivity index is 1.47. The van der Waals surface area contributed by atoms with Gasteiger partial charge in [-0.25, -0.2) is 0 Å². The van der Waals surface area contributed by atoms with Crippen molar-refractivity contribution in [3.05, 3.63) is 65.7 Å². The molecular weight excluding hydrogens is 246 g/mol. The molecule has 2 nitrogen and oxygen atoms in total. The Labute approximate surface area is 120 Å². The van der Waals surface area contributed by atoms with Gasteiger partial charge in [0.2, 0.25) is 0 Å². The quantitative estimate of drug-likeness (QED) is 0.891. The molecule has 0 amide bonds. The van der Waals surface area contributed by atoms with Gasteiger partial charge in [0.25, 0.3) is 0 Å². The first-order valence-electron chi connectivity index (χ1n) is 7.26. The van der Waals surface area contributed by atoms with Crippen LogP contribution in [0, 0.1) is 0 Å². The van der Waals surface area contributed by atoms with Crippen LogP contribution in [0.1, 0.15) is 29.9 Å². The van der Waals surface area contributed by atoms with E-state index in [1.54, 1.807) is 7.11 Å². The zero-order chi connectivity index (χ0) is 13.8. The fourth-order valence-corrected chi connectivity index (χ4v) is 2.83. The molecule has 104 valence electrons. The Morgan fingerprint density at radius 1 is 1.05 bits per heavy atom. The third-order valence-corrected chi connectivity index (χ3v) is 4.14. The Bertz CT molecular complexity index is 546. The maximum absolute atomic E-state index is 5.25. The Morgan fingerprint density at radius 3 is 2.60 bits per heavy atom. The van der Waals surface area contributed by atoms with E-state index in [1.807, 2.05) is 12.1 Å². The molecule has 1 fully saturated rings. The maximum atomic E-state index is 5.25. The summed E-state index contributed by atoms with van der Waals surface area (Å²) >= 11 is 0. The van der Waals surface area contributed by atoms with Crippen LogP contribution < -0.4 is 10.1 Å². The molecule has 3 rings (SSSR count). The molecular formula is C18H21NO. The van der Waals surface area contributed by atoms with Crippen LogP contribution in [0.4, 0.5) is 0 Å². The summed E-state index contributed by atoms with van der Waals surface area (Å²) in [7, 11) is 1.71. The minimum Gasteiger partial charge on any atom is -0.497 e. The van der Waals surface area contributed by atoms with E-state index in [9.17, 15) is 0 Å². The minimum absolute atomic E-state index is 0.645. The summed E-state index contributed by atoms with van der Waals surface area (Å²) in [5.41, 5.74) is 2.76. The zero-order valence-electron chi connectivity index (χ0n) is 11.9.